The van der Waals surface area contributed by atoms with Crippen LogP contribution in [0.15, 0.2) is 15.9 Å². The third kappa shape index (κ3) is 2.53. The molecule has 1 unspecified atom stereocenters. The van der Waals surface area contributed by atoms with Gasteiger partial charge in [0, 0.05) is 20.3 Å². The van der Waals surface area contributed by atoms with Crippen LogP contribution in [0, 0.1) is 0 Å². The molecule has 0 spiro atoms. The lowest BCUT2D eigenvalue weighted by atomic mass is 9.94. The maximum absolute atomic E-state index is 6.12. The first-order valence-electron chi connectivity index (χ1n) is 4.16. The Morgan fingerprint density at radius 2 is 2.23 bits per heavy atom. The summed E-state index contributed by atoms with van der Waals surface area (Å²) >= 11 is 5.11. The second-order valence-electron chi connectivity index (χ2n) is 3.62. The molecule has 0 aliphatic carbocycles. The Balaban J connectivity index is 2.84. The summed E-state index contributed by atoms with van der Waals surface area (Å²) in [7, 11) is 1.93. The fourth-order valence-electron chi connectivity index (χ4n) is 1.00. The Morgan fingerprint density at radius 3 is 2.62 bits per heavy atom. The molecule has 0 saturated heterocycles. The molecule has 0 radical (unpaired) electrons. The van der Waals surface area contributed by atoms with Crippen LogP contribution in [0.4, 0.5) is 0 Å². The molecule has 2 nitrogen and oxygen atoms in total. The summed E-state index contributed by atoms with van der Waals surface area (Å²) < 4.78 is 1.11. The van der Waals surface area contributed by atoms with E-state index in [4.69, 9.17) is 5.73 Å². The van der Waals surface area contributed by atoms with Crippen molar-refractivity contribution < 1.29 is 0 Å². The summed E-state index contributed by atoms with van der Waals surface area (Å²) in [5.74, 6) is 0. The first-order chi connectivity index (χ1) is 5.97. The molecule has 1 aromatic rings. The van der Waals surface area contributed by atoms with Crippen molar-refractivity contribution in [3.63, 3.8) is 0 Å². The normalized spacial score (nSPS) is 14.5. The number of nitrogens with two attached hydrogens (primary N) is 1. The van der Waals surface area contributed by atoms with Crippen LogP contribution in [0.3, 0.4) is 0 Å². The predicted molar refractivity (Wildman–Crippen MR) is 62.1 cm³/mol. The van der Waals surface area contributed by atoms with E-state index < -0.39 is 0 Å². The first-order valence-corrected chi connectivity index (χ1v) is 5.83. The number of hydrogen-bond donors (Lipinski definition) is 2. The van der Waals surface area contributed by atoms with E-state index in [1.807, 2.05) is 7.05 Å². The zero-order valence-electron chi connectivity index (χ0n) is 8.10. The number of halogens is 1. The zero-order chi connectivity index (χ0) is 10.1. The molecule has 1 heterocycles. The topological polar surface area (TPSA) is 38.0 Å². The van der Waals surface area contributed by atoms with Gasteiger partial charge >= 0.3 is 0 Å². The van der Waals surface area contributed by atoms with Gasteiger partial charge in [-0.3, -0.25) is 0 Å². The van der Waals surface area contributed by atoms with Crippen molar-refractivity contribution in [2.24, 2.45) is 5.73 Å². The first kappa shape index (κ1) is 11.2. The Bertz CT molecular complexity index is 283. The molecule has 1 atom stereocenters. The van der Waals surface area contributed by atoms with Gasteiger partial charge in [0.05, 0.1) is 6.04 Å². The predicted octanol–water partition coefficient (Wildman–Crippen LogP) is 2.51. The van der Waals surface area contributed by atoms with Crippen LogP contribution < -0.4 is 11.1 Å². The molecule has 3 N–H and O–H groups in total. The van der Waals surface area contributed by atoms with Crippen molar-refractivity contribution in [2.75, 3.05) is 7.05 Å². The minimum absolute atomic E-state index is 0.0359. The highest BCUT2D eigenvalue weighted by Gasteiger charge is 2.26. The van der Waals surface area contributed by atoms with Gasteiger partial charge in [0.2, 0.25) is 0 Å². The third-order valence-corrected chi connectivity index (χ3v) is 4.09. The van der Waals surface area contributed by atoms with E-state index in [-0.39, 0.29) is 11.6 Å². The van der Waals surface area contributed by atoms with E-state index >= 15 is 0 Å². The third-order valence-electron chi connectivity index (χ3n) is 2.32. The summed E-state index contributed by atoms with van der Waals surface area (Å²) in [6.45, 7) is 4.20. The van der Waals surface area contributed by atoms with E-state index in [1.165, 1.54) is 4.88 Å². The van der Waals surface area contributed by atoms with Crippen LogP contribution in [-0.2, 0) is 0 Å². The maximum atomic E-state index is 6.12. The molecule has 1 aromatic heterocycles. The standard InChI is InChI=1S/C9H15BrN2S/c1-9(2,12-3)8(11)7-4-6(10)5-13-7/h4-5,8,12H,11H2,1-3H3. The largest absolute Gasteiger partial charge is 0.322 e. The number of thiophene rings is 1. The Hall–Kier alpha value is 0.1000. The molecular formula is C9H15BrN2S. The van der Waals surface area contributed by atoms with E-state index in [1.54, 1.807) is 11.3 Å². The van der Waals surface area contributed by atoms with Gasteiger partial charge in [0.15, 0.2) is 0 Å². The van der Waals surface area contributed by atoms with E-state index in [0.717, 1.165) is 4.47 Å². The molecule has 0 amide bonds. The van der Waals surface area contributed by atoms with E-state index in [0.29, 0.717) is 0 Å². The highest BCUT2D eigenvalue weighted by atomic mass is 79.9. The van der Waals surface area contributed by atoms with Crippen LogP contribution in [-0.4, -0.2) is 12.6 Å². The molecule has 74 valence electrons. The van der Waals surface area contributed by atoms with Crippen molar-refractivity contribution in [2.45, 2.75) is 25.4 Å². The quantitative estimate of drug-likeness (QED) is 0.879. The molecule has 4 heteroatoms. The fraction of sp³-hybridized carbons (Fsp3) is 0.556. The van der Waals surface area contributed by atoms with Crippen molar-refractivity contribution in [3.05, 3.63) is 20.8 Å². The van der Waals surface area contributed by atoms with Gasteiger partial charge in [-0.1, -0.05) is 0 Å². The van der Waals surface area contributed by atoms with Gasteiger partial charge in [0.1, 0.15) is 0 Å². The van der Waals surface area contributed by atoms with Gasteiger partial charge in [-0.05, 0) is 42.9 Å². The van der Waals surface area contributed by atoms with Crippen molar-refractivity contribution >= 4 is 27.3 Å². The van der Waals surface area contributed by atoms with Gasteiger partial charge in [-0.15, -0.1) is 11.3 Å². The summed E-state index contributed by atoms with van der Waals surface area (Å²) in [5.41, 5.74) is 6.06. The van der Waals surface area contributed by atoms with Crippen molar-refractivity contribution in [1.82, 2.24) is 5.32 Å². The highest BCUT2D eigenvalue weighted by molar-refractivity contribution is 9.10. The molecule has 0 saturated carbocycles. The second kappa shape index (κ2) is 4.09. The number of rotatable bonds is 3. The van der Waals surface area contributed by atoms with E-state index in [9.17, 15) is 0 Å². The van der Waals surface area contributed by atoms with Crippen LogP contribution in [0.1, 0.15) is 24.8 Å². The van der Waals surface area contributed by atoms with Crippen LogP contribution in [0.25, 0.3) is 0 Å². The zero-order valence-corrected chi connectivity index (χ0v) is 10.5. The van der Waals surface area contributed by atoms with Gasteiger partial charge < -0.3 is 11.1 Å². The van der Waals surface area contributed by atoms with Crippen molar-refractivity contribution in [3.8, 4) is 0 Å². The Labute approximate surface area is 91.7 Å². The smallest absolute Gasteiger partial charge is 0.0569 e. The molecule has 0 aliphatic heterocycles. The SMILES string of the molecule is CNC(C)(C)C(N)c1cc(Br)cs1. The molecule has 1 rings (SSSR count). The maximum Gasteiger partial charge on any atom is 0.0569 e. The van der Waals surface area contributed by atoms with Gasteiger partial charge in [-0.2, -0.15) is 0 Å². The average Bonchev–Trinajstić information content (AvgIpc) is 2.50. The summed E-state index contributed by atoms with van der Waals surface area (Å²) in [6.07, 6.45) is 0. The van der Waals surface area contributed by atoms with E-state index in [2.05, 4.69) is 46.5 Å². The van der Waals surface area contributed by atoms with Gasteiger partial charge in [-0.25, -0.2) is 0 Å². The number of likely N-dealkylation sites (N-methyl/N-ethyl adjacent to an activating group) is 1. The van der Waals surface area contributed by atoms with Crippen molar-refractivity contribution in [1.29, 1.82) is 0 Å². The molecule has 0 bridgehead atoms. The minimum atomic E-state index is -0.0652. The molecule has 0 aliphatic rings. The lowest BCUT2D eigenvalue weighted by Gasteiger charge is -2.30. The molecular weight excluding hydrogens is 248 g/mol. The fourth-order valence-corrected chi connectivity index (χ4v) is 2.63. The van der Waals surface area contributed by atoms with Crippen LogP contribution in [0.2, 0.25) is 0 Å². The average molecular weight is 263 g/mol. The summed E-state index contributed by atoms with van der Waals surface area (Å²) in [5, 5.41) is 5.27. The molecule has 0 fully saturated rings. The van der Waals surface area contributed by atoms with Gasteiger partial charge in [0.25, 0.3) is 0 Å². The lowest BCUT2D eigenvalue weighted by Crippen LogP contribution is -2.46. The molecule has 0 aromatic carbocycles. The second-order valence-corrected chi connectivity index (χ2v) is 5.48. The lowest BCUT2D eigenvalue weighted by molar-refractivity contribution is 0.352. The summed E-state index contributed by atoms with van der Waals surface area (Å²) in [4.78, 5) is 1.20. The molecule has 13 heavy (non-hydrogen) atoms. The minimum Gasteiger partial charge on any atom is -0.322 e. The number of nitrogens with one attached hydrogen (secondary N) is 1. The number of hydrogen-bond acceptors (Lipinski definition) is 3. The monoisotopic (exact) mass is 262 g/mol. The Morgan fingerprint density at radius 1 is 1.62 bits per heavy atom. The highest BCUT2D eigenvalue weighted by Crippen LogP contribution is 2.30. The van der Waals surface area contributed by atoms with Crippen LogP contribution in [0.5, 0.6) is 0 Å². The van der Waals surface area contributed by atoms with Crippen LogP contribution >= 0.6 is 27.3 Å². The Kier molecular flexibility index (Phi) is 3.51. The summed E-state index contributed by atoms with van der Waals surface area (Å²) in [6, 6.07) is 2.11.